The van der Waals surface area contributed by atoms with E-state index in [0.717, 1.165) is 43.1 Å². The van der Waals surface area contributed by atoms with Gasteiger partial charge in [-0.25, -0.2) is 0 Å². The van der Waals surface area contributed by atoms with Gasteiger partial charge in [-0.2, -0.15) is 10.1 Å². The molecular formula is C22H29N7. The largest absolute Gasteiger partial charge is 0.372 e. The van der Waals surface area contributed by atoms with Crippen molar-refractivity contribution in [1.82, 2.24) is 20.2 Å². The molecule has 152 valence electrons. The molecule has 7 nitrogen and oxygen atoms in total. The van der Waals surface area contributed by atoms with E-state index in [9.17, 15) is 0 Å². The fourth-order valence-electron chi connectivity index (χ4n) is 3.19. The van der Waals surface area contributed by atoms with Crippen molar-refractivity contribution in [1.29, 1.82) is 0 Å². The second-order valence-corrected chi connectivity index (χ2v) is 6.96. The van der Waals surface area contributed by atoms with Gasteiger partial charge in [-0.1, -0.05) is 0 Å². The zero-order chi connectivity index (χ0) is 20.6. The molecule has 2 heterocycles. The Kier molecular flexibility index (Phi) is 6.94. The molecule has 7 heteroatoms. The Bertz CT molecular complexity index is 910. The van der Waals surface area contributed by atoms with E-state index >= 15 is 0 Å². The molecule has 0 saturated heterocycles. The molecule has 0 amide bonds. The van der Waals surface area contributed by atoms with Crippen LogP contribution in [0.3, 0.4) is 0 Å². The first-order chi connectivity index (χ1) is 14.1. The average molecular weight is 392 g/mol. The number of likely N-dealkylation sites (N-methyl/N-ethyl adjacent to an activating group) is 1. The first-order valence-electron chi connectivity index (χ1n) is 10.0. The van der Waals surface area contributed by atoms with Crippen LogP contribution in [0, 0.1) is 6.92 Å². The maximum atomic E-state index is 4.63. The van der Waals surface area contributed by atoms with Crippen molar-refractivity contribution < 1.29 is 0 Å². The van der Waals surface area contributed by atoms with E-state index in [0.29, 0.717) is 5.95 Å². The van der Waals surface area contributed by atoms with Crippen LogP contribution in [0.25, 0.3) is 0 Å². The molecule has 0 unspecified atom stereocenters. The number of aryl methyl sites for hydroxylation is 1. The average Bonchev–Trinajstić information content (AvgIpc) is 2.75. The van der Waals surface area contributed by atoms with Crippen LogP contribution in [0.1, 0.15) is 25.0 Å². The van der Waals surface area contributed by atoms with Crippen molar-refractivity contribution in [3.05, 3.63) is 60.0 Å². The predicted octanol–water partition coefficient (Wildman–Crippen LogP) is 3.84. The van der Waals surface area contributed by atoms with Crippen molar-refractivity contribution in [2.45, 2.75) is 27.2 Å². The van der Waals surface area contributed by atoms with Crippen molar-refractivity contribution in [3.8, 4) is 0 Å². The molecule has 0 aliphatic heterocycles. The van der Waals surface area contributed by atoms with Crippen molar-refractivity contribution in [2.24, 2.45) is 0 Å². The number of aromatic nitrogens is 4. The predicted molar refractivity (Wildman–Crippen MR) is 119 cm³/mol. The monoisotopic (exact) mass is 391 g/mol. The second kappa shape index (κ2) is 9.82. The second-order valence-electron chi connectivity index (χ2n) is 6.96. The summed E-state index contributed by atoms with van der Waals surface area (Å²) in [6, 6.07) is 10.5. The normalized spacial score (nSPS) is 10.6. The van der Waals surface area contributed by atoms with Crippen molar-refractivity contribution >= 4 is 23.1 Å². The molecular weight excluding hydrogens is 362 g/mol. The summed E-state index contributed by atoms with van der Waals surface area (Å²) in [4.78, 5) is 13.1. The van der Waals surface area contributed by atoms with Gasteiger partial charge in [-0.05, 0) is 68.7 Å². The summed E-state index contributed by atoms with van der Waals surface area (Å²) in [6.45, 7) is 9.24. The first kappa shape index (κ1) is 20.5. The van der Waals surface area contributed by atoms with Gasteiger partial charge in [0.25, 0.3) is 0 Å². The van der Waals surface area contributed by atoms with Gasteiger partial charge in [0.15, 0.2) is 5.82 Å². The third kappa shape index (κ3) is 5.40. The summed E-state index contributed by atoms with van der Waals surface area (Å²) < 4.78 is 0. The van der Waals surface area contributed by atoms with Crippen LogP contribution >= 0.6 is 0 Å². The lowest BCUT2D eigenvalue weighted by atomic mass is 10.1. The van der Waals surface area contributed by atoms with Gasteiger partial charge in [-0.15, -0.1) is 5.10 Å². The molecule has 0 bridgehead atoms. The van der Waals surface area contributed by atoms with Crippen LogP contribution in [-0.2, 0) is 6.42 Å². The number of hydrogen-bond acceptors (Lipinski definition) is 7. The van der Waals surface area contributed by atoms with Crippen LogP contribution in [0.15, 0.2) is 48.9 Å². The Labute approximate surface area is 172 Å². The van der Waals surface area contributed by atoms with Gasteiger partial charge in [0.1, 0.15) is 0 Å². The summed E-state index contributed by atoms with van der Waals surface area (Å²) in [5.41, 5.74) is 4.60. The molecule has 0 spiro atoms. The van der Waals surface area contributed by atoms with Crippen molar-refractivity contribution in [3.63, 3.8) is 0 Å². The van der Waals surface area contributed by atoms with E-state index in [-0.39, 0.29) is 0 Å². The Morgan fingerprint density at radius 2 is 1.79 bits per heavy atom. The molecule has 3 aromatic rings. The SMILES string of the molecule is CCN(CC)c1ccc(Nc2nncc(N(C)CCc3ccncc3)n2)c(C)c1. The zero-order valence-electron chi connectivity index (χ0n) is 17.6. The summed E-state index contributed by atoms with van der Waals surface area (Å²) in [6.07, 6.45) is 6.24. The van der Waals surface area contributed by atoms with E-state index in [1.54, 1.807) is 6.20 Å². The number of hydrogen-bond donors (Lipinski definition) is 1. The lowest BCUT2D eigenvalue weighted by Gasteiger charge is -2.22. The van der Waals surface area contributed by atoms with Crippen LogP contribution in [-0.4, -0.2) is 46.8 Å². The topological polar surface area (TPSA) is 70.1 Å². The fourth-order valence-corrected chi connectivity index (χ4v) is 3.19. The molecule has 1 N–H and O–H groups in total. The summed E-state index contributed by atoms with van der Waals surface area (Å²) >= 11 is 0. The van der Waals surface area contributed by atoms with E-state index in [4.69, 9.17) is 0 Å². The highest BCUT2D eigenvalue weighted by Crippen LogP contribution is 2.24. The molecule has 0 fully saturated rings. The first-order valence-corrected chi connectivity index (χ1v) is 10.0. The van der Waals surface area contributed by atoms with Gasteiger partial charge in [0.2, 0.25) is 5.95 Å². The fraction of sp³-hybridized carbons (Fsp3) is 0.364. The van der Waals surface area contributed by atoms with Crippen LogP contribution < -0.4 is 15.1 Å². The van der Waals surface area contributed by atoms with E-state index in [1.165, 1.54) is 11.3 Å². The maximum Gasteiger partial charge on any atom is 0.249 e. The van der Waals surface area contributed by atoms with Crippen LogP contribution in [0.5, 0.6) is 0 Å². The Morgan fingerprint density at radius 1 is 1.03 bits per heavy atom. The third-order valence-corrected chi connectivity index (χ3v) is 5.01. The van der Waals surface area contributed by atoms with E-state index in [2.05, 4.69) is 74.3 Å². The number of pyridine rings is 1. The quantitative estimate of drug-likeness (QED) is 0.594. The third-order valence-electron chi connectivity index (χ3n) is 5.01. The minimum absolute atomic E-state index is 0.497. The molecule has 0 saturated carbocycles. The minimum atomic E-state index is 0.497. The molecule has 0 aliphatic rings. The van der Waals surface area contributed by atoms with Crippen LogP contribution in [0.2, 0.25) is 0 Å². The molecule has 3 rings (SSSR count). The summed E-state index contributed by atoms with van der Waals surface area (Å²) in [7, 11) is 2.01. The van der Waals surface area contributed by atoms with Gasteiger partial charge in [-0.3, -0.25) is 4.98 Å². The Morgan fingerprint density at radius 3 is 2.48 bits per heavy atom. The molecule has 0 atom stereocenters. The van der Waals surface area contributed by atoms with Gasteiger partial charge in [0.05, 0.1) is 6.20 Å². The lowest BCUT2D eigenvalue weighted by molar-refractivity contribution is 0.839. The van der Waals surface area contributed by atoms with Gasteiger partial charge >= 0.3 is 0 Å². The van der Waals surface area contributed by atoms with E-state index in [1.807, 2.05) is 31.6 Å². The van der Waals surface area contributed by atoms with E-state index < -0.39 is 0 Å². The number of nitrogens with zero attached hydrogens (tertiary/aromatic N) is 6. The summed E-state index contributed by atoms with van der Waals surface area (Å²) in [5, 5.41) is 11.6. The number of rotatable bonds is 9. The van der Waals surface area contributed by atoms with Crippen LogP contribution in [0.4, 0.5) is 23.1 Å². The Balaban J connectivity index is 1.68. The van der Waals surface area contributed by atoms with Gasteiger partial charge < -0.3 is 15.1 Å². The maximum absolute atomic E-state index is 4.63. The zero-order valence-corrected chi connectivity index (χ0v) is 17.6. The molecule has 2 aromatic heterocycles. The molecule has 29 heavy (non-hydrogen) atoms. The molecule has 0 aliphatic carbocycles. The number of anilines is 4. The van der Waals surface area contributed by atoms with Crippen molar-refractivity contribution in [2.75, 3.05) is 41.8 Å². The highest BCUT2D eigenvalue weighted by Gasteiger charge is 2.09. The number of benzene rings is 1. The van der Waals surface area contributed by atoms with Gasteiger partial charge in [0, 0.05) is 50.5 Å². The lowest BCUT2D eigenvalue weighted by Crippen LogP contribution is -2.22. The smallest absolute Gasteiger partial charge is 0.249 e. The molecule has 0 radical (unpaired) electrons. The summed E-state index contributed by atoms with van der Waals surface area (Å²) in [5.74, 6) is 1.28. The minimum Gasteiger partial charge on any atom is -0.372 e. The highest BCUT2D eigenvalue weighted by molar-refractivity contribution is 5.64. The number of nitrogens with one attached hydrogen (secondary N) is 1. The highest BCUT2D eigenvalue weighted by atomic mass is 15.3. The molecule has 1 aromatic carbocycles. The Hall–Kier alpha value is -3.22. The standard InChI is InChI=1S/C22H29N7/c1-5-29(6-2)19-7-8-20(17(3)15-19)25-22-26-21(16-24-27-22)28(4)14-11-18-9-12-23-13-10-18/h7-10,12-13,15-16H,5-6,11,14H2,1-4H3,(H,25,26,27).